The van der Waals surface area contributed by atoms with Crippen molar-refractivity contribution >= 4 is 45.2 Å². The average Bonchev–Trinajstić information content (AvgIpc) is 3.65. The molecule has 1 amide bonds. The summed E-state index contributed by atoms with van der Waals surface area (Å²) in [4.78, 5) is 43.2. The van der Waals surface area contributed by atoms with Crippen LogP contribution in [0.2, 0.25) is 0 Å². The van der Waals surface area contributed by atoms with E-state index in [1.54, 1.807) is 12.3 Å². The molecule has 6 rings (SSSR count). The van der Waals surface area contributed by atoms with E-state index in [4.69, 9.17) is 0 Å². The molecular weight excluding hydrogens is 508 g/mol. The quantitative estimate of drug-likeness (QED) is 0.208. The van der Waals surface area contributed by atoms with Crippen LogP contribution in [0.1, 0.15) is 46.5 Å². The number of benzene rings is 2. The number of amides is 1. The zero-order valence-corrected chi connectivity index (χ0v) is 22.4. The minimum absolute atomic E-state index is 0.227. The van der Waals surface area contributed by atoms with Crippen LogP contribution in [0.5, 0.6) is 0 Å². The zero-order valence-electron chi connectivity index (χ0n) is 21.5. The van der Waals surface area contributed by atoms with E-state index in [2.05, 4.69) is 20.9 Å². The van der Waals surface area contributed by atoms with Gasteiger partial charge in [-0.05, 0) is 72.2 Å². The van der Waals surface area contributed by atoms with E-state index in [0.717, 1.165) is 53.4 Å². The molecule has 3 N–H and O–H groups in total. The number of hydrogen-bond acceptors (Lipinski definition) is 7. The van der Waals surface area contributed by atoms with Crippen molar-refractivity contribution in [2.75, 3.05) is 16.0 Å². The average molecular weight is 537 g/mol. The third-order valence-electron chi connectivity index (χ3n) is 7.46. The monoisotopic (exact) mass is 536 g/mol. The molecule has 0 bridgehead atoms. The summed E-state index contributed by atoms with van der Waals surface area (Å²) < 4.78 is 0. The van der Waals surface area contributed by atoms with Crippen LogP contribution in [0.25, 0.3) is 22.0 Å². The first kappa shape index (κ1) is 25.0. The summed E-state index contributed by atoms with van der Waals surface area (Å²) in [7, 11) is 0. The highest BCUT2D eigenvalue weighted by Crippen LogP contribution is 2.32. The van der Waals surface area contributed by atoms with Crippen molar-refractivity contribution < 1.29 is 4.79 Å². The first-order valence-corrected chi connectivity index (χ1v) is 14.0. The van der Waals surface area contributed by atoms with Gasteiger partial charge < -0.3 is 16.0 Å². The third kappa shape index (κ3) is 4.83. The van der Waals surface area contributed by atoms with Gasteiger partial charge in [0.1, 0.15) is 4.88 Å². The van der Waals surface area contributed by atoms with E-state index in [1.807, 2.05) is 60.8 Å². The summed E-state index contributed by atoms with van der Waals surface area (Å²) in [6.45, 7) is 2.46. The zero-order chi connectivity index (χ0) is 26.9. The van der Waals surface area contributed by atoms with Crippen LogP contribution in [0.4, 0.5) is 17.1 Å². The fourth-order valence-corrected chi connectivity index (χ4v) is 6.11. The second-order valence-electron chi connectivity index (χ2n) is 10.0. The minimum atomic E-state index is -0.476. The molecule has 0 atom stereocenters. The Morgan fingerprint density at radius 1 is 1.03 bits per heavy atom. The molecule has 1 saturated carbocycles. The maximum Gasteiger partial charge on any atom is 0.267 e. The van der Waals surface area contributed by atoms with Crippen LogP contribution in [0.3, 0.4) is 0 Å². The van der Waals surface area contributed by atoms with Crippen LogP contribution in [0.15, 0.2) is 75.8 Å². The number of carbonyl (C=O) groups is 1. The number of thiophene rings is 1. The Balaban J connectivity index is 1.20. The fraction of sp³-hybridized carbons (Fsp3) is 0.226. The molecule has 0 saturated heterocycles. The molecular formula is C31H28N4O3S. The second kappa shape index (κ2) is 10.5. The van der Waals surface area contributed by atoms with Gasteiger partial charge in [0.15, 0.2) is 0 Å². The Hall–Kier alpha value is -4.30. The molecule has 1 aliphatic rings. The van der Waals surface area contributed by atoms with Crippen LogP contribution < -0.4 is 26.8 Å². The Labute approximate surface area is 229 Å². The third-order valence-corrected chi connectivity index (χ3v) is 8.37. The lowest BCUT2D eigenvalue weighted by Gasteiger charge is -2.19. The van der Waals surface area contributed by atoms with Crippen LogP contribution in [-0.4, -0.2) is 16.9 Å². The largest absolute Gasteiger partial charge is 0.380 e. The van der Waals surface area contributed by atoms with Crippen molar-refractivity contribution in [1.82, 2.24) is 4.98 Å². The standard InChI is InChI=1S/C31H28N4O3S/c1-18-10-11-21(16-23(18)26-27(29(37)28(26)36)34-20-6-2-3-7-20)35-31(38)30-25(13-15-39-30)33-17-19-12-14-32-24-9-5-4-8-22(19)24/h4-5,8-16,20,33-34H,2-3,6-7,17H2,1H3,(H,35,38). The fourth-order valence-electron chi connectivity index (χ4n) is 5.34. The summed E-state index contributed by atoms with van der Waals surface area (Å²) in [5.41, 5.74) is 4.78. The van der Waals surface area contributed by atoms with Gasteiger partial charge in [-0.3, -0.25) is 19.4 Å². The number of rotatable bonds is 8. The number of carbonyl (C=O) groups excluding carboxylic acids is 1. The van der Waals surface area contributed by atoms with Crippen molar-refractivity contribution in [1.29, 1.82) is 0 Å². The molecule has 2 heterocycles. The normalized spacial score (nSPS) is 13.7. The minimum Gasteiger partial charge on any atom is -0.380 e. The SMILES string of the molecule is Cc1ccc(NC(=O)c2sccc2NCc2ccnc3ccccc23)cc1-c1c(NC2CCCC2)c(=O)c1=O. The molecule has 0 aliphatic heterocycles. The number of hydrogen-bond donors (Lipinski definition) is 3. The molecule has 1 fully saturated rings. The lowest BCUT2D eigenvalue weighted by molar-refractivity contribution is 0.103. The van der Waals surface area contributed by atoms with Crippen molar-refractivity contribution in [2.45, 2.75) is 45.2 Å². The van der Waals surface area contributed by atoms with Crippen LogP contribution >= 0.6 is 11.3 Å². The highest BCUT2D eigenvalue weighted by molar-refractivity contribution is 7.12. The molecule has 0 spiro atoms. The lowest BCUT2D eigenvalue weighted by Crippen LogP contribution is -2.38. The predicted molar refractivity (Wildman–Crippen MR) is 159 cm³/mol. The van der Waals surface area contributed by atoms with E-state index in [-0.39, 0.29) is 11.9 Å². The van der Waals surface area contributed by atoms with Gasteiger partial charge in [-0.25, -0.2) is 0 Å². The molecule has 0 unspecified atom stereocenters. The number of nitrogens with zero attached hydrogens (tertiary/aromatic N) is 1. The molecule has 0 radical (unpaired) electrons. The van der Waals surface area contributed by atoms with Crippen molar-refractivity contribution in [3.8, 4) is 11.1 Å². The molecule has 8 heteroatoms. The van der Waals surface area contributed by atoms with E-state index in [9.17, 15) is 14.4 Å². The van der Waals surface area contributed by atoms with Gasteiger partial charge in [-0.2, -0.15) is 0 Å². The number of anilines is 3. The van der Waals surface area contributed by atoms with Gasteiger partial charge in [-0.15, -0.1) is 11.3 Å². The number of aryl methyl sites for hydroxylation is 1. The molecule has 196 valence electrons. The molecule has 2 aromatic heterocycles. The van der Waals surface area contributed by atoms with Crippen molar-refractivity contribution in [3.05, 3.63) is 103 Å². The first-order valence-electron chi connectivity index (χ1n) is 13.2. The maximum absolute atomic E-state index is 13.3. The summed E-state index contributed by atoms with van der Waals surface area (Å²) in [6.07, 6.45) is 6.05. The number of para-hydroxylation sites is 1. The molecule has 5 aromatic rings. The molecule has 3 aromatic carbocycles. The summed E-state index contributed by atoms with van der Waals surface area (Å²) in [5, 5.41) is 12.6. The topological polar surface area (TPSA) is 100 Å². The van der Waals surface area contributed by atoms with E-state index >= 15 is 0 Å². The number of nitrogens with one attached hydrogen (secondary N) is 3. The summed E-state index contributed by atoms with van der Waals surface area (Å²) >= 11 is 1.36. The highest BCUT2D eigenvalue weighted by atomic mass is 32.1. The van der Waals surface area contributed by atoms with Crippen LogP contribution in [-0.2, 0) is 6.54 Å². The first-order chi connectivity index (χ1) is 19.0. The molecule has 7 nitrogen and oxygen atoms in total. The van der Waals surface area contributed by atoms with Gasteiger partial charge >= 0.3 is 0 Å². The number of fused-ring (bicyclic) bond motifs is 1. The van der Waals surface area contributed by atoms with Crippen LogP contribution in [0, 0.1) is 6.92 Å². The van der Waals surface area contributed by atoms with Crippen molar-refractivity contribution in [3.63, 3.8) is 0 Å². The van der Waals surface area contributed by atoms with Gasteiger partial charge in [-0.1, -0.05) is 37.1 Å². The predicted octanol–water partition coefficient (Wildman–Crippen LogP) is 6.09. The van der Waals surface area contributed by atoms with Gasteiger partial charge in [0.2, 0.25) is 10.9 Å². The summed E-state index contributed by atoms with van der Waals surface area (Å²) in [5.74, 6) is -0.240. The highest BCUT2D eigenvalue weighted by Gasteiger charge is 2.27. The number of pyridine rings is 1. The molecule has 1 aliphatic carbocycles. The Morgan fingerprint density at radius 3 is 2.69 bits per heavy atom. The Bertz CT molecular complexity index is 1750. The molecule has 39 heavy (non-hydrogen) atoms. The maximum atomic E-state index is 13.3. The van der Waals surface area contributed by atoms with Gasteiger partial charge in [0, 0.05) is 29.9 Å². The van der Waals surface area contributed by atoms with E-state index < -0.39 is 10.9 Å². The van der Waals surface area contributed by atoms with E-state index in [0.29, 0.717) is 33.9 Å². The number of aromatic nitrogens is 1. The van der Waals surface area contributed by atoms with Crippen molar-refractivity contribution in [2.24, 2.45) is 0 Å². The Morgan fingerprint density at radius 2 is 1.85 bits per heavy atom. The second-order valence-corrected chi connectivity index (χ2v) is 10.9. The smallest absolute Gasteiger partial charge is 0.267 e. The Kier molecular flexibility index (Phi) is 6.70. The lowest BCUT2D eigenvalue weighted by atomic mass is 9.93. The van der Waals surface area contributed by atoms with Gasteiger partial charge in [0.05, 0.1) is 22.5 Å². The van der Waals surface area contributed by atoms with E-state index in [1.165, 1.54) is 11.3 Å². The summed E-state index contributed by atoms with van der Waals surface area (Å²) in [6, 6.07) is 17.5. The van der Waals surface area contributed by atoms with Gasteiger partial charge in [0.25, 0.3) is 5.91 Å².